The second kappa shape index (κ2) is 5.54. The molecule has 0 amide bonds. The maximum Gasteiger partial charge on any atom is 0.0895 e. The first-order valence-corrected chi connectivity index (χ1v) is 4.83. The Hall–Kier alpha value is -0.160. The van der Waals surface area contributed by atoms with Crippen LogP contribution in [-0.4, -0.2) is 48.7 Å². The van der Waals surface area contributed by atoms with Crippen LogP contribution in [0.5, 0.6) is 0 Å². The zero-order chi connectivity index (χ0) is 9.68. The third-order valence-corrected chi connectivity index (χ3v) is 2.58. The summed E-state index contributed by atoms with van der Waals surface area (Å²) >= 11 is 0. The number of methoxy groups -OCH3 is 1. The molecule has 0 spiro atoms. The number of aliphatic hydroxyl groups excluding tert-OH is 2. The van der Waals surface area contributed by atoms with Crippen LogP contribution in [0.15, 0.2) is 0 Å². The van der Waals surface area contributed by atoms with E-state index in [0.717, 1.165) is 12.8 Å². The predicted octanol–water partition coefficient (Wildman–Crippen LogP) is -0.503. The SMILES string of the molecule is COC1CCCC1NCC(O)CO. The molecule has 4 nitrogen and oxygen atoms in total. The van der Waals surface area contributed by atoms with Gasteiger partial charge < -0.3 is 20.3 Å². The largest absolute Gasteiger partial charge is 0.394 e. The van der Waals surface area contributed by atoms with Gasteiger partial charge >= 0.3 is 0 Å². The maximum atomic E-state index is 9.12. The van der Waals surface area contributed by atoms with Crippen LogP contribution >= 0.6 is 0 Å². The molecule has 1 rings (SSSR count). The van der Waals surface area contributed by atoms with Gasteiger partial charge in [0.25, 0.3) is 0 Å². The molecule has 4 heteroatoms. The molecule has 0 saturated heterocycles. The van der Waals surface area contributed by atoms with Crippen molar-refractivity contribution in [3.05, 3.63) is 0 Å². The van der Waals surface area contributed by atoms with Gasteiger partial charge in [0.05, 0.1) is 18.8 Å². The lowest BCUT2D eigenvalue weighted by Crippen LogP contribution is -2.41. The van der Waals surface area contributed by atoms with E-state index in [4.69, 9.17) is 14.9 Å². The fraction of sp³-hybridized carbons (Fsp3) is 1.00. The van der Waals surface area contributed by atoms with Crippen LogP contribution in [0.1, 0.15) is 19.3 Å². The lowest BCUT2D eigenvalue weighted by Gasteiger charge is -2.20. The van der Waals surface area contributed by atoms with Crippen LogP contribution in [0.2, 0.25) is 0 Å². The summed E-state index contributed by atoms with van der Waals surface area (Å²) in [5, 5.41) is 20.9. The minimum Gasteiger partial charge on any atom is -0.394 e. The normalized spacial score (nSPS) is 30.7. The van der Waals surface area contributed by atoms with Gasteiger partial charge in [0.15, 0.2) is 0 Å². The van der Waals surface area contributed by atoms with Crippen molar-refractivity contribution >= 4 is 0 Å². The highest BCUT2D eigenvalue weighted by atomic mass is 16.5. The summed E-state index contributed by atoms with van der Waals surface area (Å²) in [5.74, 6) is 0. The Balaban J connectivity index is 2.19. The molecule has 1 aliphatic rings. The summed E-state index contributed by atoms with van der Waals surface area (Å²) < 4.78 is 5.28. The van der Waals surface area contributed by atoms with Crippen molar-refractivity contribution in [2.24, 2.45) is 0 Å². The third kappa shape index (κ3) is 3.23. The molecule has 0 aromatic rings. The lowest BCUT2D eigenvalue weighted by molar-refractivity contribution is 0.0647. The van der Waals surface area contributed by atoms with Gasteiger partial charge in [0, 0.05) is 19.7 Å². The highest BCUT2D eigenvalue weighted by Gasteiger charge is 2.26. The lowest BCUT2D eigenvalue weighted by atomic mass is 10.2. The van der Waals surface area contributed by atoms with Crippen LogP contribution in [0, 0.1) is 0 Å². The minimum atomic E-state index is -0.655. The highest BCUT2D eigenvalue weighted by Crippen LogP contribution is 2.21. The van der Waals surface area contributed by atoms with Crippen molar-refractivity contribution in [3.63, 3.8) is 0 Å². The molecule has 3 N–H and O–H groups in total. The van der Waals surface area contributed by atoms with Gasteiger partial charge in [-0.2, -0.15) is 0 Å². The van der Waals surface area contributed by atoms with Crippen LogP contribution in [0.25, 0.3) is 0 Å². The summed E-state index contributed by atoms with van der Waals surface area (Å²) in [7, 11) is 1.72. The van der Waals surface area contributed by atoms with E-state index in [1.165, 1.54) is 6.42 Å². The molecular formula is C9H19NO3. The number of nitrogens with one attached hydrogen (secondary N) is 1. The minimum absolute atomic E-state index is 0.183. The van der Waals surface area contributed by atoms with E-state index in [0.29, 0.717) is 12.6 Å². The van der Waals surface area contributed by atoms with Crippen LogP contribution in [-0.2, 0) is 4.74 Å². The number of aliphatic hydroxyl groups is 2. The highest BCUT2D eigenvalue weighted by molar-refractivity contribution is 4.84. The molecule has 1 saturated carbocycles. The van der Waals surface area contributed by atoms with Gasteiger partial charge in [-0.15, -0.1) is 0 Å². The van der Waals surface area contributed by atoms with Gasteiger partial charge in [0.2, 0.25) is 0 Å². The summed E-state index contributed by atoms with van der Waals surface area (Å²) in [6.45, 7) is 0.262. The van der Waals surface area contributed by atoms with Gasteiger partial charge in [-0.25, -0.2) is 0 Å². The number of rotatable bonds is 5. The van der Waals surface area contributed by atoms with Crippen molar-refractivity contribution < 1.29 is 14.9 Å². The standard InChI is InChI=1S/C9H19NO3/c1-13-9-4-2-3-8(9)10-5-7(12)6-11/h7-12H,2-6H2,1H3. The molecule has 0 bridgehead atoms. The first kappa shape index (κ1) is 10.9. The first-order chi connectivity index (χ1) is 6.27. The Morgan fingerprint density at radius 1 is 1.54 bits per heavy atom. The number of hydrogen-bond donors (Lipinski definition) is 3. The van der Waals surface area contributed by atoms with E-state index in [1.54, 1.807) is 7.11 Å². The van der Waals surface area contributed by atoms with E-state index < -0.39 is 6.10 Å². The molecule has 0 heterocycles. The van der Waals surface area contributed by atoms with Crippen LogP contribution in [0.4, 0.5) is 0 Å². The van der Waals surface area contributed by atoms with Gasteiger partial charge in [0.1, 0.15) is 0 Å². The molecule has 78 valence electrons. The topological polar surface area (TPSA) is 61.7 Å². The fourth-order valence-corrected chi connectivity index (χ4v) is 1.79. The van der Waals surface area contributed by atoms with Crippen molar-refractivity contribution in [1.29, 1.82) is 0 Å². The maximum absolute atomic E-state index is 9.12. The molecule has 13 heavy (non-hydrogen) atoms. The molecule has 3 atom stereocenters. The van der Waals surface area contributed by atoms with Gasteiger partial charge in [-0.3, -0.25) is 0 Å². The van der Waals surface area contributed by atoms with E-state index >= 15 is 0 Å². The quantitative estimate of drug-likeness (QED) is 0.545. The summed E-state index contributed by atoms with van der Waals surface area (Å²) in [5.41, 5.74) is 0. The van der Waals surface area contributed by atoms with E-state index in [-0.39, 0.29) is 12.7 Å². The monoisotopic (exact) mass is 189 g/mol. The third-order valence-electron chi connectivity index (χ3n) is 2.58. The number of hydrogen-bond acceptors (Lipinski definition) is 4. The number of ether oxygens (including phenoxy) is 1. The summed E-state index contributed by atoms with van der Waals surface area (Å²) in [6.07, 6.45) is 2.97. The van der Waals surface area contributed by atoms with Gasteiger partial charge in [-0.1, -0.05) is 0 Å². The Bertz CT molecular complexity index is 143. The molecule has 1 fully saturated rings. The van der Waals surface area contributed by atoms with Crippen molar-refractivity contribution in [2.45, 2.75) is 37.5 Å². The summed E-state index contributed by atoms with van der Waals surface area (Å²) in [4.78, 5) is 0. The molecular weight excluding hydrogens is 170 g/mol. The molecule has 0 aliphatic heterocycles. The zero-order valence-corrected chi connectivity index (χ0v) is 8.07. The molecule has 3 unspecified atom stereocenters. The second-order valence-corrected chi connectivity index (χ2v) is 3.56. The van der Waals surface area contributed by atoms with Crippen molar-refractivity contribution in [2.75, 3.05) is 20.3 Å². The Morgan fingerprint density at radius 3 is 2.92 bits per heavy atom. The average Bonchev–Trinajstić information content (AvgIpc) is 2.61. The Kier molecular flexibility index (Phi) is 4.66. The summed E-state index contributed by atoms with van der Waals surface area (Å²) in [6, 6.07) is 0.339. The Labute approximate surface area is 78.9 Å². The van der Waals surface area contributed by atoms with Crippen LogP contribution in [0.3, 0.4) is 0 Å². The molecule has 0 radical (unpaired) electrons. The van der Waals surface area contributed by atoms with Gasteiger partial charge in [-0.05, 0) is 19.3 Å². The van der Waals surface area contributed by atoms with E-state index in [1.807, 2.05) is 0 Å². The fourth-order valence-electron chi connectivity index (χ4n) is 1.79. The average molecular weight is 189 g/mol. The van der Waals surface area contributed by atoms with Crippen molar-refractivity contribution in [3.8, 4) is 0 Å². The second-order valence-electron chi connectivity index (χ2n) is 3.56. The Morgan fingerprint density at radius 2 is 2.31 bits per heavy atom. The zero-order valence-electron chi connectivity index (χ0n) is 8.07. The molecule has 1 aliphatic carbocycles. The van der Waals surface area contributed by atoms with Crippen molar-refractivity contribution in [1.82, 2.24) is 5.32 Å². The van der Waals surface area contributed by atoms with Crippen LogP contribution < -0.4 is 5.32 Å². The van der Waals surface area contributed by atoms with E-state index in [2.05, 4.69) is 5.32 Å². The van der Waals surface area contributed by atoms with E-state index in [9.17, 15) is 0 Å². The predicted molar refractivity (Wildman–Crippen MR) is 49.5 cm³/mol. The smallest absolute Gasteiger partial charge is 0.0895 e. The molecule has 0 aromatic carbocycles. The molecule has 0 aromatic heterocycles. The first-order valence-electron chi connectivity index (χ1n) is 4.83.